The van der Waals surface area contributed by atoms with Gasteiger partial charge in [-0.15, -0.1) is 0 Å². The van der Waals surface area contributed by atoms with Crippen molar-refractivity contribution in [1.29, 1.82) is 0 Å². The van der Waals surface area contributed by atoms with Gasteiger partial charge in [-0.2, -0.15) is 0 Å². The van der Waals surface area contributed by atoms with E-state index in [9.17, 15) is 4.79 Å². The van der Waals surface area contributed by atoms with Crippen molar-refractivity contribution in [1.82, 2.24) is 15.6 Å². The third kappa shape index (κ3) is 5.70. The van der Waals surface area contributed by atoms with Gasteiger partial charge in [0.15, 0.2) is 5.96 Å². The minimum Gasteiger partial charge on any atom is -0.356 e. The van der Waals surface area contributed by atoms with Crippen LogP contribution < -0.4 is 15.5 Å². The lowest BCUT2D eigenvalue weighted by atomic mass is 10.1. The number of amides is 1. The van der Waals surface area contributed by atoms with E-state index in [1.165, 1.54) is 0 Å². The van der Waals surface area contributed by atoms with Crippen LogP contribution in [0.15, 0.2) is 47.6 Å². The molecule has 0 unspecified atom stereocenters. The molecule has 0 saturated carbocycles. The van der Waals surface area contributed by atoms with Gasteiger partial charge in [0.1, 0.15) is 5.15 Å². The number of carbonyl (C=O) groups excluding carboxylic acids is 1. The third-order valence-corrected chi connectivity index (χ3v) is 4.97. The van der Waals surface area contributed by atoms with E-state index in [1.807, 2.05) is 23.1 Å². The molecule has 0 bridgehead atoms. The minimum absolute atomic E-state index is 0.220. The van der Waals surface area contributed by atoms with Crippen molar-refractivity contribution in [2.24, 2.45) is 4.99 Å². The third-order valence-electron chi connectivity index (χ3n) is 4.75. The van der Waals surface area contributed by atoms with Gasteiger partial charge in [0.2, 0.25) is 5.91 Å². The van der Waals surface area contributed by atoms with Crippen molar-refractivity contribution in [3.8, 4) is 0 Å². The summed E-state index contributed by atoms with van der Waals surface area (Å²) in [6, 6.07) is 11.9. The van der Waals surface area contributed by atoms with E-state index in [4.69, 9.17) is 11.6 Å². The number of anilines is 1. The van der Waals surface area contributed by atoms with E-state index >= 15 is 0 Å². The Morgan fingerprint density at radius 3 is 2.61 bits per heavy atom. The van der Waals surface area contributed by atoms with Crippen LogP contribution in [0.3, 0.4) is 0 Å². The quantitative estimate of drug-likeness (QED) is 0.444. The molecule has 1 saturated heterocycles. The molecule has 1 aliphatic rings. The largest absolute Gasteiger partial charge is 0.356 e. The van der Waals surface area contributed by atoms with Crippen LogP contribution in [0.5, 0.6) is 0 Å². The lowest BCUT2D eigenvalue weighted by Crippen LogP contribution is -2.38. The molecule has 2 aromatic rings. The molecule has 2 N–H and O–H groups in total. The summed E-state index contributed by atoms with van der Waals surface area (Å²) in [5.74, 6) is 0.967. The number of aromatic nitrogens is 1. The SMILES string of the molecule is CN=C(NCCc1ccc(Cl)nc1)NCc1ccc(N2CCCCC2=O)cc1. The lowest BCUT2D eigenvalue weighted by molar-refractivity contribution is -0.119. The van der Waals surface area contributed by atoms with Crippen molar-refractivity contribution in [2.75, 3.05) is 25.0 Å². The summed E-state index contributed by atoms with van der Waals surface area (Å²) < 4.78 is 0. The molecule has 1 fully saturated rings. The standard InChI is InChI=1S/C21H26ClN5O/c1-23-21(24-12-11-17-7-10-19(22)25-14-17)26-15-16-5-8-18(9-6-16)27-13-3-2-4-20(27)28/h5-10,14H,2-4,11-13,15H2,1H3,(H2,23,24,26). The average Bonchev–Trinajstić information content (AvgIpc) is 2.73. The molecule has 2 heterocycles. The Kier molecular flexibility index (Phi) is 7.25. The highest BCUT2D eigenvalue weighted by Crippen LogP contribution is 2.21. The Labute approximate surface area is 171 Å². The molecule has 6 nitrogen and oxygen atoms in total. The number of halogens is 1. The fourth-order valence-corrected chi connectivity index (χ4v) is 3.27. The van der Waals surface area contributed by atoms with Crippen molar-refractivity contribution < 1.29 is 4.79 Å². The van der Waals surface area contributed by atoms with Crippen LogP contribution in [0, 0.1) is 0 Å². The van der Waals surface area contributed by atoms with Crippen LogP contribution in [0.2, 0.25) is 5.15 Å². The Morgan fingerprint density at radius 2 is 1.93 bits per heavy atom. The second kappa shape index (κ2) is 10.1. The number of nitrogens with zero attached hydrogens (tertiary/aromatic N) is 3. The van der Waals surface area contributed by atoms with Gasteiger partial charge in [-0.1, -0.05) is 29.8 Å². The summed E-state index contributed by atoms with van der Waals surface area (Å²) in [7, 11) is 1.75. The Morgan fingerprint density at radius 1 is 1.14 bits per heavy atom. The highest BCUT2D eigenvalue weighted by molar-refractivity contribution is 6.29. The number of nitrogens with one attached hydrogen (secondary N) is 2. The number of hydrogen-bond donors (Lipinski definition) is 2. The topological polar surface area (TPSA) is 69.6 Å². The zero-order valence-electron chi connectivity index (χ0n) is 16.1. The van der Waals surface area contributed by atoms with Crippen LogP contribution >= 0.6 is 11.6 Å². The number of aliphatic imine (C=N–C) groups is 1. The molecule has 1 aliphatic heterocycles. The van der Waals surface area contributed by atoms with E-state index in [-0.39, 0.29) is 5.91 Å². The summed E-state index contributed by atoms with van der Waals surface area (Å²) >= 11 is 5.80. The van der Waals surface area contributed by atoms with Gasteiger partial charge in [0.25, 0.3) is 0 Å². The van der Waals surface area contributed by atoms with Crippen molar-refractivity contribution in [2.45, 2.75) is 32.2 Å². The summed E-state index contributed by atoms with van der Waals surface area (Å²) in [6.07, 6.45) is 5.34. The summed E-state index contributed by atoms with van der Waals surface area (Å²) in [6.45, 7) is 2.23. The summed E-state index contributed by atoms with van der Waals surface area (Å²) in [4.78, 5) is 22.3. The number of carbonyl (C=O) groups is 1. The average molecular weight is 400 g/mol. The van der Waals surface area contributed by atoms with Crippen LogP contribution in [-0.2, 0) is 17.8 Å². The van der Waals surface area contributed by atoms with Crippen LogP contribution in [0.25, 0.3) is 0 Å². The normalized spacial score (nSPS) is 14.9. The first-order valence-electron chi connectivity index (χ1n) is 9.60. The van der Waals surface area contributed by atoms with Gasteiger partial charge in [-0.25, -0.2) is 4.98 Å². The zero-order chi connectivity index (χ0) is 19.8. The maximum atomic E-state index is 12.0. The number of benzene rings is 1. The molecule has 1 aromatic heterocycles. The van der Waals surface area contributed by atoms with E-state index in [2.05, 4.69) is 32.7 Å². The highest BCUT2D eigenvalue weighted by atomic mass is 35.5. The molecule has 7 heteroatoms. The Balaban J connectivity index is 1.45. The number of hydrogen-bond acceptors (Lipinski definition) is 3. The maximum Gasteiger partial charge on any atom is 0.226 e. The lowest BCUT2D eigenvalue weighted by Gasteiger charge is -2.26. The first-order valence-corrected chi connectivity index (χ1v) is 9.98. The second-order valence-corrected chi connectivity index (χ2v) is 7.15. The minimum atomic E-state index is 0.220. The maximum absolute atomic E-state index is 12.0. The Hall–Kier alpha value is -2.60. The zero-order valence-corrected chi connectivity index (χ0v) is 16.9. The number of guanidine groups is 1. The molecule has 1 amide bonds. The van der Waals surface area contributed by atoms with E-state index in [0.717, 1.165) is 55.1 Å². The van der Waals surface area contributed by atoms with Gasteiger partial charge in [-0.05, 0) is 48.6 Å². The molecule has 148 valence electrons. The Bertz CT molecular complexity index is 805. The smallest absolute Gasteiger partial charge is 0.226 e. The fourth-order valence-electron chi connectivity index (χ4n) is 3.16. The molecular weight excluding hydrogens is 374 g/mol. The molecule has 28 heavy (non-hydrogen) atoms. The summed E-state index contributed by atoms with van der Waals surface area (Å²) in [5.41, 5.74) is 3.24. The predicted molar refractivity (Wildman–Crippen MR) is 114 cm³/mol. The predicted octanol–water partition coefficient (Wildman–Crippen LogP) is 3.16. The number of piperidine rings is 1. The van der Waals surface area contributed by atoms with Gasteiger partial charge in [0.05, 0.1) is 0 Å². The first-order chi connectivity index (χ1) is 13.7. The number of pyridine rings is 1. The number of rotatable bonds is 6. The second-order valence-electron chi connectivity index (χ2n) is 6.76. The van der Waals surface area contributed by atoms with Crippen LogP contribution in [0.4, 0.5) is 5.69 Å². The highest BCUT2D eigenvalue weighted by Gasteiger charge is 2.19. The summed E-state index contributed by atoms with van der Waals surface area (Å²) in [5, 5.41) is 7.11. The van der Waals surface area contributed by atoms with Gasteiger partial charge >= 0.3 is 0 Å². The molecular formula is C21H26ClN5O. The van der Waals surface area contributed by atoms with Gasteiger partial charge in [0, 0.05) is 45.0 Å². The monoisotopic (exact) mass is 399 g/mol. The van der Waals surface area contributed by atoms with Crippen LogP contribution in [0.1, 0.15) is 30.4 Å². The van der Waals surface area contributed by atoms with Crippen molar-refractivity contribution >= 4 is 29.2 Å². The first kappa shape index (κ1) is 20.1. The van der Waals surface area contributed by atoms with Crippen LogP contribution in [-0.4, -0.2) is 37.0 Å². The molecule has 0 radical (unpaired) electrons. The van der Waals surface area contributed by atoms with E-state index < -0.39 is 0 Å². The molecule has 0 aliphatic carbocycles. The van der Waals surface area contributed by atoms with Crippen molar-refractivity contribution in [3.05, 3.63) is 58.9 Å². The van der Waals surface area contributed by atoms with Gasteiger partial charge in [-0.3, -0.25) is 9.79 Å². The molecule has 1 aromatic carbocycles. The molecule has 3 rings (SSSR count). The van der Waals surface area contributed by atoms with Gasteiger partial charge < -0.3 is 15.5 Å². The van der Waals surface area contributed by atoms with E-state index in [0.29, 0.717) is 18.1 Å². The van der Waals surface area contributed by atoms with Crippen molar-refractivity contribution in [3.63, 3.8) is 0 Å². The molecule has 0 spiro atoms. The van der Waals surface area contributed by atoms with E-state index in [1.54, 1.807) is 19.3 Å². The fraction of sp³-hybridized carbons (Fsp3) is 0.381. The molecule has 0 atom stereocenters.